The largest absolute Gasteiger partial charge is 0.342 e. The van der Waals surface area contributed by atoms with Gasteiger partial charge in [0, 0.05) is 6.42 Å². The van der Waals surface area contributed by atoms with Crippen LogP contribution in [0.4, 0.5) is 0 Å². The van der Waals surface area contributed by atoms with Gasteiger partial charge in [-0.05, 0) is 41.0 Å². The highest BCUT2D eigenvalue weighted by Crippen LogP contribution is 2.24. The molecule has 1 heterocycles. The van der Waals surface area contributed by atoms with Crippen LogP contribution in [0.5, 0.6) is 0 Å². The second kappa shape index (κ2) is 4.74. The van der Waals surface area contributed by atoms with Crippen molar-refractivity contribution in [3.8, 4) is 0 Å². The molecule has 0 aliphatic carbocycles. The van der Waals surface area contributed by atoms with Crippen LogP contribution in [0.25, 0.3) is 21.8 Å². The van der Waals surface area contributed by atoms with Gasteiger partial charge in [0.25, 0.3) is 0 Å². The summed E-state index contributed by atoms with van der Waals surface area (Å²) in [4.78, 5) is 8.09. The Morgan fingerprint density at radius 3 is 2.57 bits per heavy atom. The quantitative estimate of drug-likeness (QED) is 0.567. The van der Waals surface area contributed by atoms with Crippen molar-refractivity contribution >= 4 is 21.8 Å². The molecule has 1 N–H and O–H groups in total. The van der Waals surface area contributed by atoms with Crippen LogP contribution in [-0.2, 0) is 6.42 Å². The zero-order valence-electron chi connectivity index (χ0n) is 11.9. The lowest BCUT2D eigenvalue weighted by molar-refractivity contribution is 1.05. The van der Waals surface area contributed by atoms with Gasteiger partial charge in [-0.15, -0.1) is 0 Å². The van der Waals surface area contributed by atoms with Crippen molar-refractivity contribution < 1.29 is 0 Å². The summed E-state index contributed by atoms with van der Waals surface area (Å²) in [6.45, 7) is 2.16. The molecule has 0 saturated heterocycles. The number of fused-ring (bicyclic) bond motifs is 2. The summed E-state index contributed by atoms with van der Waals surface area (Å²) in [6.07, 6.45) is 0.829. The number of aromatic amines is 1. The lowest BCUT2D eigenvalue weighted by atomic mass is 9.99. The Morgan fingerprint density at radius 2 is 1.67 bits per heavy atom. The molecular formula is C19H16N2. The third-order valence-electron chi connectivity index (χ3n) is 4.03. The number of rotatable bonds is 2. The van der Waals surface area contributed by atoms with E-state index in [2.05, 4.69) is 59.4 Å². The van der Waals surface area contributed by atoms with E-state index < -0.39 is 0 Å². The fourth-order valence-corrected chi connectivity index (χ4v) is 2.96. The Hall–Kier alpha value is -2.61. The second-order valence-corrected chi connectivity index (χ2v) is 5.46. The molecule has 0 unspecified atom stereocenters. The fraction of sp³-hybridized carbons (Fsp3) is 0.105. The standard InChI is InChI=1S/C19H16N2/c1-13-6-4-9-16-14(7-5-8-15(13)16)12-19-20-17-10-2-3-11-18(17)21-19/h2-11H,12H2,1H3,(H,20,21). The first kappa shape index (κ1) is 12.2. The lowest BCUT2D eigenvalue weighted by Crippen LogP contribution is -1.92. The maximum atomic E-state index is 4.68. The summed E-state index contributed by atoms with van der Waals surface area (Å²) in [5.74, 6) is 1.02. The van der Waals surface area contributed by atoms with E-state index >= 15 is 0 Å². The Bertz CT molecular complexity index is 902. The molecule has 0 bridgehead atoms. The highest BCUT2D eigenvalue weighted by Gasteiger charge is 2.07. The number of nitrogens with zero attached hydrogens (tertiary/aromatic N) is 1. The molecule has 4 rings (SSSR count). The summed E-state index contributed by atoms with van der Waals surface area (Å²) in [5.41, 5.74) is 4.77. The van der Waals surface area contributed by atoms with E-state index in [4.69, 9.17) is 0 Å². The second-order valence-electron chi connectivity index (χ2n) is 5.46. The monoisotopic (exact) mass is 272 g/mol. The van der Waals surface area contributed by atoms with Gasteiger partial charge in [0.1, 0.15) is 5.82 Å². The van der Waals surface area contributed by atoms with Gasteiger partial charge in [-0.1, -0.05) is 48.5 Å². The van der Waals surface area contributed by atoms with Gasteiger partial charge in [0.2, 0.25) is 0 Å². The molecule has 0 spiro atoms. The van der Waals surface area contributed by atoms with Gasteiger partial charge in [-0.3, -0.25) is 0 Å². The first-order valence-corrected chi connectivity index (χ1v) is 7.22. The number of hydrogen-bond acceptors (Lipinski definition) is 1. The smallest absolute Gasteiger partial charge is 0.111 e. The topological polar surface area (TPSA) is 28.7 Å². The number of H-pyrrole nitrogens is 1. The Kier molecular flexibility index (Phi) is 2.74. The summed E-state index contributed by atoms with van der Waals surface area (Å²) in [7, 11) is 0. The minimum Gasteiger partial charge on any atom is -0.342 e. The summed E-state index contributed by atoms with van der Waals surface area (Å²) >= 11 is 0. The molecule has 0 aliphatic rings. The van der Waals surface area contributed by atoms with E-state index in [-0.39, 0.29) is 0 Å². The van der Waals surface area contributed by atoms with E-state index in [0.29, 0.717) is 0 Å². The number of nitrogens with one attached hydrogen (secondary N) is 1. The Morgan fingerprint density at radius 1 is 0.857 bits per heavy atom. The Labute approximate surface area is 123 Å². The molecular weight excluding hydrogens is 256 g/mol. The van der Waals surface area contributed by atoms with Gasteiger partial charge in [-0.2, -0.15) is 0 Å². The minimum absolute atomic E-state index is 0.829. The molecule has 0 amide bonds. The highest BCUT2D eigenvalue weighted by molar-refractivity contribution is 5.88. The normalized spacial score (nSPS) is 11.3. The summed E-state index contributed by atoms with van der Waals surface area (Å²) in [5, 5.41) is 2.64. The molecule has 1 aromatic heterocycles. The maximum Gasteiger partial charge on any atom is 0.111 e. The van der Waals surface area contributed by atoms with Gasteiger partial charge in [0.05, 0.1) is 11.0 Å². The molecule has 0 saturated carbocycles. The maximum absolute atomic E-state index is 4.68. The molecule has 0 aliphatic heterocycles. The average molecular weight is 272 g/mol. The number of para-hydroxylation sites is 2. The van der Waals surface area contributed by atoms with Crippen LogP contribution >= 0.6 is 0 Å². The first-order chi connectivity index (χ1) is 10.3. The van der Waals surface area contributed by atoms with Gasteiger partial charge in [-0.25, -0.2) is 4.98 Å². The van der Waals surface area contributed by atoms with Crippen molar-refractivity contribution in [3.63, 3.8) is 0 Å². The molecule has 0 radical (unpaired) electrons. The fourth-order valence-electron chi connectivity index (χ4n) is 2.96. The zero-order valence-corrected chi connectivity index (χ0v) is 11.9. The number of aryl methyl sites for hydroxylation is 1. The van der Waals surface area contributed by atoms with Crippen molar-refractivity contribution in [1.82, 2.24) is 9.97 Å². The van der Waals surface area contributed by atoms with Crippen LogP contribution in [-0.4, -0.2) is 9.97 Å². The van der Waals surface area contributed by atoms with Crippen molar-refractivity contribution in [2.24, 2.45) is 0 Å². The van der Waals surface area contributed by atoms with Crippen LogP contribution in [0.15, 0.2) is 60.7 Å². The Balaban J connectivity index is 1.82. The lowest BCUT2D eigenvalue weighted by Gasteiger charge is -2.07. The van der Waals surface area contributed by atoms with Gasteiger partial charge < -0.3 is 4.98 Å². The minimum atomic E-state index is 0.829. The summed E-state index contributed by atoms with van der Waals surface area (Å²) in [6, 6.07) is 21.2. The van der Waals surface area contributed by atoms with E-state index in [0.717, 1.165) is 23.3 Å². The predicted molar refractivity (Wildman–Crippen MR) is 87.6 cm³/mol. The first-order valence-electron chi connectivity index (χ1n) is 7.22. The zero-order chi connectivity index (χ0) is 14.2. The van der Waals surface area contributed by atoms with E-state index in [1.807, 2.05) is 18.2 Å². The molecule has 0 atom stereocenters. The van der Waals surface area contributed by atoms with Gasteiger partial charge in [0.15, 0.2) is 0 Å². The molecule has 2 heteroatoms. The van der Waals surface area contributed by atoms with Crippen LogP contribution in [0, 0.1) is 6.92 Å². The summed E-state index contributed by atoms with van der Waals surface area (Å²) < 4.78 is 0. The van der Waals surface area contributed by atoms with Crippen LogP contribution in [0.1, 0.15) is 17.0 Å². The molecule has 102 valence electrons. The van der Waals surface area contributed by atoms with E-state index in [9.17, 15) is 0 Å². The molecule has 21 heavy (non-hydrogen) atoms. The van der Waals surface area contributed by atoms with Crippen molar-refractivity contribution in [3.05, 3.63) is 77.6 Å². The number of imidazole rings is 1. The predicted octanol–water partition coefficient (Wildman–Crippen LogP) is 4.62. The third-order valence-corrected chi connectivity index (χ3v) is 4.03. The van der Waals surface area contributed by atoms with Crippen molar-refractivity contribution in [2.75, 3.05) is 0 Å². The molecule has 2 nitrogen and oxygen atoms in total. The van der Waals surface area contributed by atoms with Crippen molar-refractivity contribution in [2.45, 2.75) is 13.3 Å². The van der Waals surface area contributed by atoms with Crippen LogP contribution in [0.3, 0.4) is 0 Å². The number of aromatic nitrogens is 2. The van der Waals surface area contributed by atoms with Crippen LogP contribution in [0.2, 0.25) is 0 Å². The van der Waals surface area contributed by atoms with Crippen molar-refractivity contribution in [1.29, 1.82) is 0 Å². The molecule has 4 aromatic rings. The number of benzene rings is 3. The van der Waals surface area contributed by atoms with Crippen LogP contribution < -0.4 is 0 Å². The number of hydrogen-bond donors (Lipinski definition) is 1. The van der Waals surface area contributed by atoms with E-state index in [1.54, 1.807) is 0 Å². The van der Waals surface area contributed by atoms with Gasteiger partial charge >= 0.3 is 0 Å². The highest BCUT2D eigenvalue weighted by atomic mass is 14.9. The molecule has 0 fully saturated rings. The SMILES string of the molecule is Cc1cccc2c(Cc3nc4ccccc4[nH]3)cccc12. The third kappa shape index (κ3) is 2.09. The molecule has 3 aromatic carbocycles. The van der Waals surface area contributed by atoms with E-state index in [1.165, 1.54) is 21.9 Å². The average Bonchev–Trinajstić information content (AvgIpc) is 2.90.